The molecule has 0 atom stereocenters. The average molecular weight is 315 g/mol. The predicted octanol–water partition coefficient (Wildman–Crippen LogP) is 6.15. The van der Waals surface area contributed by atoms with Crippen LogP contribution in [-0.2, 0) is 0 Å². The first-order valence-electron chi connectivity index (χ1n) is 8.07. The third kappa shape index (κ3) is 3.90. The zero-order valence-electron chi connectivity index (χ0n) is 14.3. The van der Waals surface area contributed by atoms with Crippen molar-refractivity contribution in [2.24, 2.45) is 4.99 Å². The molecule has 3 aromatic carbocycles. The Kier molecular flexibility index (Phi) is 4.76. The van der Waals surface area contributed by atoms with Crippen LogP contribution >= 0.6 is 0 Å². The summed E-state index contributed by atoms with van der Waals surface area (Å²) in [5.41, 5.74) is 5.88. The average Bonchev–Trinajstić information content (AvgIpc) is 2.56. The van der Waals surface area contributed by atoms with E-state index in [0.717, 1.165) is 17.2 Å². The molecule has 0 radical (unpaired) electrons. The SMILES string of the molecule is Cc1cc(C)c(C=Nc2ccc(Oc3ccccc3)cc2)c(C)c1. The summed E-state index contributed by atoms with van der Waals surface area (Å²) in [4.78, 5) is 4.60. The molecule has 0 aromatic heterocycles. The molecule has 0 heterocycles. The molecule has 0 N–H and O–H groups in total. The van der Waals surface area contributed by atoms with Crippen molar-refractivity contribution in [3.05, 3.63) is 89.0 Å². The molecule has 2 nitrogen and oxygen atoms in total. The minimum atomic E-state index is 0.808. The van der Waals surface area contributed by atoms with Gasteiger partial charge in [-0.2, -0.15) is 0 Å². The van der Waals surface area contributed by atoms with Crippen LogP contribution in [0.25, 0.3) is 0 Å². The lowest BCUT2D eigenvalue weighted by atomic mass is 10.0. The van der Waals surface area contributed by atoms with Crippen molar-refractivity contribution >= 4 is 11.9 Å². The maximum Gasteiger partial charge on any atom is 0.127 e. The monoisotopic (exact) mass is 315 g/mol. The van der Waals surface area contributed by atoms with Gasteiger partial charge < -0.3 is 4.74 Å². The summed E-state index contributed by atoms with van der Waals surface area (Å²) in [5, 5.41) is 0. The second-order valence-corrected chi connectivity index (χ2v) is 5.98. The maximum atomic E-state index is 5.80. The fourth-order valence-electron chi connectivity index (χ4n) is 2.76. The summed E-state index contributed by atoms with van der Waals surface area (Å²) in [6, 6.07) is 21.9. The molecular formula is C22H21NO. The van der Waals surface area contributed by atoms with Crippen LogP contribution in [0, 0.1) is 20.8 Å². The van der Waals surface area contributed by atoms with Gasteiger partial charge in [0.2, 0.25) is 0 Å². The van der Waals surface area contributed by atoms with E-state index in [1.807, 2.05) is 60.8 Å². The first-order chi connectivity index (χ1) is 11.6. The van der Waals surface area contributed by atoms with Gasteiger partial charge in [-0.05, 0) is 73.9 Å². The van der Waals surface area contributed by atoms with Crippen molar-refractivity contribution < 1.29 is 4.74 Å². The Bertz CT molecular complexity index is 826. The van der Waals surface area contributed by atoms with Crippen molar-refractivity contribution in [1.82, 2.24) is 0 Å². The minimum Gasteiger partial charge on any atom is -0.457 e. The molecule has 0 unspecified atom stereocenters. The normalized spacial score (nSPS) is 11.0. The van der Waals surface area contributed by atoms with Crippen molar-refractivity contribution in [1.29, 1.82) is 0 Å². The van der Waals surface area contributed by atoms with Crippen LogP contribution in [0.4, 0.5) is 5.69 Å². The molecule has 0 saturated carbocycles. The van der Waals surface area contributed by atoms with Crippen LogP contribution in [0.1, 0.15) is 22.3 Å². The highest BCUT2D eigenvalue weighted by atomic mass is 16.5. The highest BCUT2D eigenvalue weighted by Gasteiger charge is 2.01. The fraction of sp³-hybridized carbons (Fsp3) is 0.136. The summed E-state index contributed by atoms with van der Waals surface area (Å²) in [6.45, 7) is 6.36. The Balaban J connectivity index is 1.75. The molecule has 3 aromatic rings. The number of nitrogens with zero attached hydrogens (tertiary/aromatic N) is 1. The number of benzene rings is 3. The highest BCUT2D eigenvalue weighted by Crippen LogP contribution is 2.24. The van der Waals surface area contributed by atoms with Crippen molar-refractivity contribution in [3.8, 4) is 11.5 Å². The van der Waals surface area contributed by atoms with Gasteiger partial charge in [-0.3, -0.25) is 4.99 Å². The molecule has 0 amide bonds. The molecule has 0 bridgehead atoms. The quantitative estimate of drug-likeness (QED) is 0.529. The Morgan fingerprint density at radius 2 is 1.33 bits per heavy atom. The van der Waals surface area contributed by atoms with Gasteiger partial charge in [0.05, 0.1) is 5.69 Å². The summed E-state index contributed by atoms with van der Waals surface area (Å²) in [7, 11) is 0. The Labute approximate surface area is 143 Å². The predicted molar refractivity (Wildman–Crippen MR) is 101 cm³/mol. The number of rotatable bonds is 4. The Hall–Kier alpha value is -2.87. The molecule has 0 fully saturated rings. The van der Waals surface area contributed by atoms with Gasteiger partial charge in [0.25, 0.3) is 0 Å². The van der Waals surface area contributed by atoms with Crippen LogP contribution in [0.15, 0.2) is 71.7 Å². The van der Waals surface area contributed by atoms with Gasteiger partial charge in [0.15, 0.2) is 0 Å². The van der Waals surface area contributed by atoms with E-state index < -0.39 is 0 Å². The van der Waals surface area contributed by atoms with Gasteiger partial charge in [0, 0.05) is 6.21 Å². The van der Waals surface area contributed by atoms with E-state index in [-0.39, 0.29) is 0 Å². The summed E-state index contributed by atoms with van der Waals surface area (Å²) < 4.78 is 5.80. The van der Waals surface area contributed by atoms with Crippen LogP contribution < -0.4 is 4.74 Å². The Morgan fingerprint density at radius 3 is 1.96 bits per heavy atom. The molecule has 2 heteroatoms. The van der Waals surface area contributed by atoms with Gasteiger partial charge in [-0.1, -0.05) is 35.9 Å². The largest absolute Gasteiger partial charge is 0.457 e. The third-order valence-corrected chi connectivity index (χ3v) is 3.90. The topological polar surface area (TPSA) is 21.6 Å². The number of hydrogen-bond acceptors (Lipinski definition) is 2. The maximum absolute atomic E-state index is 5.80. The third-order valence-electron chi connectivity index (χ3n) is 3.90. The molecule has 0 aliphatic carbocycles. The standard InChI is InChI=1S/C22H21NO/c1-16-13-17(2)22(18(3)14-16)15-23-19-9-11-21(12-10-19)24-20-7-5-4-6-8-20/h4-15H,1-3H3. The highest BCUT2D eigenvalue weighted by molar-refractivity contribution is 5.85. The molecule has 24 heavy (non-hydrogen) atoms. The van der Waals surface area contributed by atoms with Gasteiger partial charge >= 0.3 is 0 Å². The second kappa shape index (κ2) is 7.14. The van der Waals surface area contributed by atoms with E-state index in [2.05, 4.69) is 37.9 Å². The molecule has 0 aliphatic heterocycles. The van der Waals surface area contributed by atoms with Gasteiger partial charge in [-0.25, -0.2) is 0 Å². The number of para-hydroxylation sites is 1. The van der Waals surface area contributed by atoms with Crippen molar-refractivity contribution in [2.75, 3.05) is 0 Å². The molecule has 0 spiro atoms. The van der Waals surface area contributed by atoms with Gasteiger partial charge in [0.1, 0.15) is 11.5 Å². The molecule has 120 valence electrons. The number of aryl methyl sites for hydroxylation is 3. The number of hydrogen-bond donors (Lipinski definition) is 0. The van der Waals surface area contributed by atoms with E-state index in [4.69, 9.17) is 4.74 Å². The summed E-state index contributed by atoms with van der Waals surface area (Å²) in [5.74, 6) is 1.64. The summed E-state index contributed by atoms with van der Waals surface area (Å²) in [6.07, 6.45) is 1.94. The van der Waals surface area contributed by atoms with Crippen LogP contribution in [0.3, 0.4) is 0 Å². The summed E-state index contributed by atoms with van der Waals surface area (Å²) >= 11 is 0. The van der Waals surface area contributed by atoms with Crippen molar-refractivity contribution in [3.63, 3.8) is 0 Å². The molecule has 0 aliphatic rings. The fourth-order valence-corrected chi connectivity index (χ4v) is 2.76. The van der Waals surface area contributed by atoms with E-state index in [1.54, 1.807) is 0 Å². The molecular weight excluding hydrogens is 294 g/mol. The minimum absolute atomic E-state index is 0.808. The smallest absolute Gasteiger partial charge is 0.127 e. The van der Waals surface area contributed by atoms with Crippen LogP contribution in [-0.4, -0.2) is 6.21 Å². The second-order valence-electron chi connectivity index (χ2n) is 5.98. The number of aliphatic imine (C=N–C) groups is 1. The molecule has 3 rings (SSSR count). The van der Waals surface area contributed by atoms with Crippen molar-refractivity contribution in [2.45, 2.75) is 20.8 Å². The first kappa shape index (κ1) is 16.0. The lowest BCUT2D eigenvalue weighted by molar-refractivity contribution is 0.483. The lowest BCUT2D eigenvalue weighted by Crippen LogP contribution is -1.93. The number of ether oxygens (including phenoxy) is 1. The van der Waals surface area contributed by atoms with E-state index in [9.17, 15) is 0 Å². The van der Waals surface area contributed by atoms with E-state index >= 15 is 0 Å². The first-order valence-corrected chi connectivity index (χ1v) is 8.07. The lowest BCUT2D eigenvalue weighted by Gasteiger charge is -2.07. The van der Waals surface area contributed by atoms with Gasteiger partial charge in [-0.15, -0.1) is 0 Å². The van der Waals surface area contributed by atoms with Crippen LogP contribution in [0.2, 0.25) is 0 Å². The zero-order valence-corrected chi connectivity index (χ0v) is 14.3. The van der Waals surface area contributed by atoms with E-state index in [1.165, 1.54) is 22.3 Å². The van der Waals surface area contributed by atoms with Crippen LogP contribution in [0.5, 0.6) is 11.5 Å². The van der Waals surface area contributed by atoms with E-state index in [0.29, 0.717) is 0 Å². The zero-order chi connectivity index (χ0) is 16.9. The Morgan fingerprint density at radius 1 is 0.750 bits per heavy atom. The molecule has 0 saturated heterocycles.